The summed E-state index contributed by atoms with van der Waals surface area (Å²) < 4.78 is 0. The molecule has 4 unspecified atom stereocenters. The molecule has 2 aliphatic heterocycles. The van der Waals surface area contributed by atoms with Gasteiger partial charge in [-0.15, -0.1) is 0 Å². The summed E-state index contributed by atoms with van der Waals surface area (Å²) in [6.45, 7) is 11.4. The first-order valence-electron chi connectivity index (χ1n) is 8.16. The lowest BCUT2D eigenvalue weighted by atomic mass is 9.92. The summed E-state index contributed by atoms with van der Waals surface area (Å²) >= 11 is 0. The van der Waals surface area contributed by atoms with Crippen molar-refractivity contribution in [2.24, 2.45) is 11.8 Å². The predicted octanol–water partition coefficient (Wildman–Crippen LogP) is 2.98. The quantitative estimate of drug-likeness (QED) is 0.743. The van der Waals surface area contributed by atoms with Crippen LogP contribution in [-0.2, 0) is 0 Å². The van der Waals surface area contributed by atoms with E-state index in [0.717, 1.165) is 30.0 Å². The topological polar surface area (TPSA) is 6.48 Å². The van der Waals surface area contributed by atoms with Crippen LogP contribution in [-0.4, -0.2) is 47.6 Å². The van der Waals surface area contributed by atoms with Gasteiger partial charge >= 0.3 is 0 Å². The van der Waals surface area contributed by atoms with Gasteiger partial charge in [0.2, 0.25) is 0 Å². The van der Waals surface area contributed by atoms with Gasteiger partial charge in [0.15, 0.2) is 0 Å². The van der Waals surface area contributed by atoms with E-state index in [1.807, 2.05) is 0 Å². The lowest BCUT2D eigenvalue weighted by Gasteiger charge is -2.49. The minimum absolute atomic E-state index is 0.805. The Morgan fingerprint density at radius 1 is 1.00 bits per heavy atom. The van der Waals surface area contributed by atoms with Crippen LogP contribution in [0.5, 0.6) is 0 Å². The van der Waals surface area contributed by atoms with E-state index in [1.54, 1.807) is 0 Å². The Hall–Kier alpha value is -0.0800. The molecule has 3 rings (SSSR count). The first kappa shape index (κ1) is 12.9. The molecule has 0 radical (unpaired) electrons. The van der Waals surface area contributed by atoms with Crippen molar-refractivity contribution >= 4 is 0 Å². The Morgan fingerprint density at radius 2 is 1.83 bits per heavy atom. The monoisotopic (exact) mass is 250 g/mol. The minimum atomic E-state index is 0.805. The first-order chi connectivity index (χ1) is 8.66. The average Bonchev–Trinajstić information content (AvgIpc) is 2.94. The molecule has 0 aromatic heterocycles. The molecule has 0 bridgehead atoms. The fourth-order valence-corrected chi connectivity index (χ4v) is 4.66. The van der Waals surface area contributed by atoms with Gasteiger partial charge in [-0.3, -0.25) is 9.80 Å². The zero-order chi connectivity index (χ0) is 12.7. The second kappa shape index (κ2) is 5.13. The third kappa shape index (κ3) is 2.22. The van der Waals surface area contributed by atoms with Crippen LogP contribution in [0, 0.1) is 11.8 Å². The fraction of sp³-hybridized carbons (Fsp3) is 1.00. The molecule has 104 valence electrons. The molecule has 0 spiro atoms. The molecule has 0 N–H and O–H groups in total. The molecule has 0 amide bonds. The zero-order valence-corrected chi connectivity index (χ0v) is 12.4. The van der Waals surface area contributed by atoms with E-state index in [1.165, 1.54) is 51.7 Å². The summed E-state index contributed by atoms with van der Waals surface area (Å²) in [4.78, 5) is 5.70. The minimum Gasteiger partial charge on any atom is -0.298 e. The maximum absolute atomic E-state index is 2.93. The fourth-order valence-electron chi connectivity index (χ4n) is 4.66. The first-order valence-corrected chi connectivity index (χ1v) is 8.16. The van der Waals surface area contributed by atoms with Gasteiger partial charge in [-0.2, -0.15) is 0 Å². The second-order valence-electron chi connectivity index (χ2n) is 7.27. The smallest absolute Gasteiger partial charge is 0.0249 e. The van der Waals surface area contributed by atoms with Gasteiger partial charge in [-0.05, 0) is 44.1 Å². The molecule has 2 nitrogen and oxygen atoms in total. The van der Waals surface area contributed by atoms with Crippen LogP contribution in [0.3, 0.4) is 0 Å². The van der Waals surface area contributed by atoms with Crippen LogP contribution in [0.25, 0.3) is 0 Å². The second-order valence-corrected chi connectivity index (χ2v) is 7.27. The Balaban J connectivity index is 1.76. The van der Waals surface area contributed by atoms with E-state index in [9.17, 15) is 0 Å². The third-order valence-corrected chi connectivity index (χ3v) is 5.78. The van der Waals surface area contributed by atoms with Crippen LogP contribution < -0.4 is 0 Å². The maximum atomic E-state index is 2.93. The Bertz CT molecular complexity index is 289. The number of piperazine rings is 1. The highest BCUT2D eigenvalue weighted by molar-refractivity contribution is 4.97. The van der Waals surface area contributed by atoms with Crippen molar-refractivity contribution in [3.05, 3.63) is 0 Å². The molecule has 0 aromatic carbocycles. The van der Waals surface area contributed by atoms with Gasteiger partial charge in [0, 0.05) is 31.2 Å². The maximum Gasteiger partial charge on any atom is 0.0249 e. The molecule has 2 heterocycles. The van der Waals surface area contributed by atoms with E-state index in [4.69, 9.17) is 0 Å². The Labute approximate surface area is 113 Å². The van der Waals surface area contributed by atoms with Crippen molar-refractivity contribution in [3.63, 3.8) is 0 Å². The summed E-state index contributed by atoms with van der Waals surface area (Å²) in [5.41, 5.74) is 0. The van der Waals surface area contributed by atoms with Crippen molar-refractivity contribution in [1.82, 2.24) is 9.80 Å². The molecule has 1 saturated carbocycles. The van der Waals surface area contributed by atoms with E-state index < -0.39 is 0 Å². The van der Waals surface area contributed by atoms with E-state index >= 15 is 0 Å². The van der Waals surface area contributed by atoms with Gasteiger partial charge < -0.3 is 0 Å². The van der Waals surface area contributed by atoms with Gasteiger partial charge in [0.05, 0.1) is 0 Å². The molecule has 0 aromatic rings. The highest BCUT2D eigenvalue weighted by Gasteiger charge is 2.42. The Morgan fingerprint density at radius 3 is 2.50 bits per heavy atom. The molecule has 3 aliphatic rings. The van der Waals surface area contributed by atoms with Crippen LogP contribution in [0.2, 0.25) is 0 Å². The van der Waals surface area contributed by atoms with Crippen LogP contribution in [0.1, 0.15) is 52.9 Å². The highest BCUT2D eigenvalue weighted by Crippen LogP contribution is 2.36. The molecule has 1 aliphatic carbocycles. The Kier molecular flexibility index (Phi) is 3.68. The van der Waals surface area contributed by atoms with Crippen LogP contribution >= 0.6 is 0 Å². The van der Waals surface area contributed by atoms with Crippen molar-refractivity contribution in [2.45, 2.75) is 71.0 Å². The molecule has 18 heavy (non-hydrogen) atoms. The molecule has 4 atom stereocenters. The van der Waals surface area contributed by atoms with Crippen molar-refractivity contribution < 1.29 is 0 Å². The lowest BCUT2D eigenvalue weighted by Crippen LogP contribution is -2.61. The van der Waals surface area contributed by atoms with E-state index in [-0.39, 0.29) is 0 Å². The van der Waals surface area contributed by atoms with Gasteiger partial charge in [-0.25, -0.2) is 0 Å². The molecular formula is C16H30N2. The number of hydrogen-bond donors (Lipinski definition) is 0. The summed E-state index contributed by atoms with van der Waals surface area (Å²) in [6.07, 6.45) is 7.25. The average molecular weight is 250 g/mol. The lowest BCUT2D eigenvalue weighted by molar-refractivity contribution is -0.00852. The van der Waals surface area contributed by atoms with Crippen molar-refractivity contribution in [3.8, 4) is 0 Å². The number of fused-ring (bicyclic) bond motifs is 1. The largest absolute Gasteiger partial charge is 0.298 e. The van der Waals surface area contributed by atoms with E-state index in [2.05, 4.69) is 30.6 Å². The van der Waals surface area contributed by atoms with Gasteiger partial charge in [0.25, 0.3) is 0 Å². The van der Waals surface area contributed by atoms with Crippen LogP contribution in [0.15, 0.2) is 0 Å². The van der Waals surface area contributed by atoms with Crippen LogP contribution in [0.4, 0.5) is 0 Å². The summed E-state index contributed by atoms with van der Waals surface area (Å²) in [7, 11) is 0. The van der Waals surface area contributed by atoms with Crippen molar-refractivity contribution in [1.29, 1.82) is 0 Å². The summed E-state index contributed by atoms with van der Waals surface area (Å²) in [5, 5.41) is 0. The SMILES string of the molecule is CC(C)C1CN2CCCC2CN1C1CCCC1C. The molecule has 2 saturated heterocycles. The van der Waals surface area contributed by atoms with Crippen molar-refractivity contribution in [2.75, 3.05) is 19.6 Å². The third-order valence-electron chi connectivity index (χ3n) is 5.78. The standard InChI is InChI=1S/C16H30N2/c1-12(2)16-11-17-9-5-7-14(17)10-18(16)15-8-4-6-13(15)3/h12-16H,4-11H2,1-3H3. The summed E-state index contributed by atoms with van der Waals surface area (Å²) in [5.74, 6) is 1.73. The highest BCUT2D eigenvalue weighted by atomic mass is 15.3. The molecular weight excluding hydrogens is 220 g/mol. The zero-order valence-electron chi connectivity index (χ0n) is 12.4. The van der Waals surface area contributed by atoms with E-state index in [0.29, 0.717) is 0 Å². The number of hydrogen-bond acceptors (Lipinski definition) is 2. The molecule has 2 heteroatoms. The normalized spacial score (nSPS) is 42.7. The summed E-state index contributed by atoms with van der Waals surface area (Å²) in [6, 6.07) is 2.58. The number of rotatable bonds is 2. The molecule has 3 fully saturated rings. The van der Waals surface area contributed by atoms with Gasteiger partial charge in [0.1, 0.15) is 0 Å². The van der Waals surface area contributed by atoms with Gasteiger partial charge in [-0.1, -0.05) is 27.2 Å². The number of nitrogens with zero attached hydrogens (tertiary/aromatic N) is 2. The predicted molar refractivity (Wildman–Crippen MR) is 76.7 cm³/mol.